The van der Waals surface area contributed by atoms with Crippen molar-refractivity contribution in [1.82, 2.24) is 0 Å². The van der Waals surface area contributed by atoms with Crippen LogP contribution < -0.4 is 5.73 Å². The van der Waals surface area contributed by atoms with Crippen LogP contribution in [0.15, 0.2) is 39.3 Å². The molecule has 19 heavy (non-hydrogen) atoms. The van der Waals surface area contributed by atoms with E-state index in [1.807, 2.05) is 31.2 Å². The zero-order chi connectivity index (χ0) is 14.2. The molecule has 0 saturated heterocycles. The summed E-state index contributed by atoms with van der Waals surface area (Å²) in [6.45, 7) is 4.11. The minimum absolute atomic E-state index is 0.251. The first-order valence-corrected chi connectivity index (χ1v) is 7.83. The zero-order valence-corrected chi connectivity index (χ0v) is 14.6. The first-order valence-electron chi connectivity index (χ1n) is 5.87. The van der Waals surface area contributed by atoms with Crippen molar-refractivity contribution in [2.45, 2.75) is 19.9 Å². The zero-order valence-electron chi connectivity index (χ0n) is 10.7. The van der Waals surface area contributed by atoms with Gasteiger partial charge in [-0.15, -0.1) is 0 Å². The lowest BCUT2D eigenvalue weighted by Crippen LogP contribution is -2.13. The molecule has 2 aromatic carbocycles. The molecule has 0 aliphatic heterocycles. The maximum atomic E-state index is 6.37. The fourth-order valence-electron chi connectivity index (χ4n) is 1.96. The fraction of sp³-hybridized carbons (Fsp3) is 0.200. The summed E-state index contributed by atoms with van der Waals surface area (Å²) in [5.74, 6) is 0. The van der Waals surface area contributed by atoms with E-state index < -0.39 is 0 Å². The van der Waals surface area contributed by atoms with Crippen LogP contribution >= 0.6 is 43.5 Å². The van der Waals surface area contributed by atoms with Crippen molar-refractivity contribution in [3.05, 3.63) is 66.6 Å². The van der Waals surface area contributed by atoms with Gasteiger partial charge in [0, 0.05) is 14.0 Å². The Morgan fingerprint density at radius 2 is 1.63 bits per heavy atom. The maximum absolute atomic E-state index is 6.37. The molecule has 2 N–H and O–H groups in total. The number of hydrogen-bond donors (Lipinski definition) is 1. The van der Waals surface area contributed by atoms with Gasteiger partial charge in [0.05, 0.1) is 6.04 Å². The number of rotatable bonds is 2. The van der Waals surface area contributed by atoms with E-state index in [1.165, 1.54) is 11.1 Å². The van der Waals surface area contributed by atoms with E-state index >= 15 is 0 Å². The van der Waals surface area contributed by atoms with Crippen LogP contribution in [-0.4, -0.2) is 0 Å². The van der Waals surface area contributed by atoms with Crippen LogP contribution in [0.4, 0.5) is 0 Å². The van der Waals surface area contributed by atoms with Gasteiger partial charge in [0.2, 0.25) is 0 Å². The smallest absolute Gasteiger partial charge is 0.0578 e. The highest BCUT2D eigenvalue weighted by atomic mass is 79.9. The van der Waals surface area contributed by atoms with Crippen LogP contribution in [0, 0.1) is 13.8 Å². The quantitative estimate of drug-likeness (QED) is 0.701. The summed E-state index contributed by atoms with van der Waals surface area (Å²) in [4.78, 5) is 0. The summed E-state index contributed by atoms with van der Waals surface area (Å²) in [5.41, 5.74) is 10.7. The van der Waals surface area contributed by atoms with Gasteiger partial charge >= 0.3 is 0 Å². The van der Waals surface area contributed by atoms with Gasteiger partial charge in [-0.1, -0.05) is 49.5 Å². The van der Waals surface area contributed by atoms with E-state index in [0.29, 0.717) is 5.02 Å². The summed E-state index contributed by atoms with van der Waals surface area (Å²) < 4.78 is 1.98. The van der Waals surface area contributed by atoms with Crippen LogP contribution in [0.5, 0.6) is 0 Å². The van der Waals surface area contributed by atoms with Crippen molar-refractivity contribution in [2.24, 2.45) is 5.73 Å². The summed E-state index contributed by atoms with van der Waals surface area (Å²) >= 11 is 13.3. The van der Waals surface area contributed by atoms with E-state index in [9.17, 15) is 0 Å². The van der Waals surface area contributed by atoms with E-state index in [1.54, 1.807) is 0 Å². The molecule has 0 radical (unpaired) electrons. The molecule has 0 aromatic heterocycles. The van der Waals surface area contributed by atoms with Crippen LogP contribution in [0.3, 0.4) is 0 Å². The van der Waals surface area contributed by atoms with Crippen molar-refractivity contribution in [3.8, 4) is 0 Å². The third-order valence-corrected chi connectivity index (χ3v) is 4.78. The highest BCUT2D eigenvalue weighted by molar-refractivity contribution is 9.11. The van der Waals surface area contributed by atoms with Crippen molar-refractivity contribution in [2.75, 3.05) is 0 Å². The molecule has 0 fully saturated rings. The Hall–Kier alpha value is -0.350. The number of aryl methyl sites for hydroxylation is 2. The Labute approximate surface area is 135 Å². The summed E-state index contributed by atoms with van der Waals surface area (Å²) in [6.07, 6.45) is 0. The highest BCUT2D eigenvalue weighted by Crippen LogP contribution is 2.33. The second-order valence-electron chi connectivity index (χ2n) is 4.60. The van der Waals surface area contributed by atoms with Crippen LogP contribution in [0.25, 0.3) is 0 Å². The van der Waals surface area contributed by atoms with E-state index in [0.717, 1.165) is 20.1 Å². The van der Waals surface area contributed by atoms with Crippen LogP contribution in [0.2, 0.25) is 5.02 Å². The van der Waals surface area contributed by atoms with Crippen LogP contribution in [0.1, 0.15) is 28.3 Å². The molecular weight excluding hydrogens is 389 g/mol. The van der Waals surface area contributed by atoms with Gasteiger partial charge in [0.1, 0.15) is 0 Å². The molecule has 0 spiro atoms. The maximum Gasteiger partial charge on any atom is 0.0578 e. The van der Waals surface area contributed by atoms with Gasteiger partial charge in [-0.05, 0) is 60.4 Å². The summed E-state index contributed by atoms with van der Waals surface area (Å²) in [7, 11) is 0. The minimum atomic E-state index is -0.251. The number of nitrogens with two attached hydrogens (primary N) is 1. The van der Waals surface area contributed by atoms with Gasteiger partial charge in [-0.2, -0.15) is 0 Å². The number of benzene rings is 2. The van der Waals surface area contributed by atoms with Crippen molar-refractivity contribution in [1.29, 1.82) is 0 Å². The molecule has 0 amide bonds. The number of halogens is 3. The summed E-state index contributed by atoms with van der Waals surface area (Å²) in [5, 5.41) is 0.711. The fourth-order valence-corrected chi connectivity index (χ4v) is 3.17. The van der Waals surface area contributed by atoms with Gasteiger partial charge in [-0.3, -0.25) is 0 Å². The van der Waals surface area contributed by atoms with Gasteiger partial charge in [0.25, 0.3) is 0 Å². The average Bonchev–Trinajstić information content (AvgIpc) is 2.36. The third kappa shape index (κ3) is 3.22. The molecule has 2 aromatic rings. The lowest BCUT2D eigenvalue weighted by Gasteiger charge is -2.18. The molecule has 0 aliphatic carbocycles. The molecule has 1 unspecified atom stereocenters. The molecule has 1 atom stereocenters. The highest BCUT2D eigenvalue weighted by Gasteiger charge is 2.16. The van der Waals surface area contributed by atoms with Crippen molar-refractivity contribution < 1.29 is 0 Å². The largest absolute Gasteiger partial charge is 0.320 e. The number of hydrogen-bond acceptors (Lipinski definition) is 1. The second kappa shape index (κ2) is 5.96. The standard InChI is InChI=1S/C15H14Br2ClN/c1-8-5-12(14(18)6-9(8)2)15(19)11-7-10(16)3-4-13(11)17/h3-7,15H,19H2,1-2H3. The lowest BCUT2D eigenvalue weighted by molar-refractivity contribution is 0.862. The average molecular weight is 404 g/mol. The van der Waals surface area contributed by atoms with E-state index in [4.69, 9.17) is 17.3 Å². The molecule has 0 bridgehead atoms. The predicted octanol–water partition coefficient (Wildman–Crippen LogP) is 5.53. The Bertz CT molecular complexity index is 626. The third-order valence-electron chi connectivity index (χ3n) is 3.24. The van der Waals surface area contributed by atoms with Gasteiger partial charge < -0.3 is 5.73 Å². The van der Waals surface area contributed by atoms with Crippen LogP contribution in [-0.2, 0) is 0 Å². The lowest BCUT2D eigenvalue weighted by atomic mass is 9.96. The first kappa shape index (κ1) is 15.0. The molecule has 0 saturated carbocycles. The Balaban J connectivity index is 2.52. The molecular formula is C15H14Br2ClN. The van der Waals surface area contributed by atoms with Gasteiger partial charge in [-0.25, -0.2) is 0 Å². The topological polar surface area (TPSA) is 26.0 Å². The van der Waals surface area contributed by atoms with Crippen molar-refractivity contribution in [3.63, 3.8) is 0 Å². The second-order valence-corrected chi connectivity index (χ2v) is 6.78. The van der Waals surface area contributed by atoms with E-state index in [2.05, 4.69) is 44.8 Å². The first-order chi connectivity index (χ1) is 8.90. The summed E-state index contributed by atoms with van der Waals surface area (Å²) in [6, 6.07) is 9.75. The predicted molar refractivity (Wildman–Crippen MR) is 88.8 cm³/mol. The molecule has 4 heteroatoms. The Morgan fingerprint density at radius 3 is 2.32 bits per heavy atom. The Morgan fingerprint density at radius 1 is 1.00 bits per heavy atom. The van der Waals surface area contributed by atoms with Gasteiger partial charge in [0.15, 0.2) is 0 Å². The molecule has 100 valence electrons. The minimum Gasteiger partial charge on any atom is -0.320 e. The molecule has 2 rings (SSSR count). The van der Waals surface area contributed by atoms with Crippen molar-refractivity contribution >= 4 is 43.5 Å². The monoisotopic (exact) mass is 401 g/mol. The molecule has 0 aliphatic rings. The molecule has 1 nitrogen and oxygen atoms in total. The normalized spacial score (nSPS) is 12.5. The Kier molecular flexibility index (Phi) is 4.72. The molecule has 0 heterocycles. The SMILES string of the molecule is Cc1cc(Cl)c(C(N)c2cc(Br)ccc2Br)cc1C. The van der Waals surface area contributed by atoms with E-state index in [-0.39, 0.29) is 6.04 Å².